The van der Waals surface area contributed by atoms with E-state index in [1.54, 1.807) is 0 Å². The largest absolute Gasteiger partial charge is 0.389 e. The van der Waals surface area contributed by atoms with Crippen molar-refractivity contribution in [2.45, 2.75) is 44.8 Å². The van der Waals surface area contributed by atoms with E-state index in [9.17, 15) is 5.11 Å². The zero-order valence-corrected chi connectivity index (χ0v) is 14.7. The number of aliphatic hydroxyl groups is 1. The fourth-order valence-electron chi connectivity index (χ4n) is 2.67. The fraction of sp³-hybridized carbons (Fsp3) is 0.625. The highest BCUT2D eigenvalue weighted by Crippen LogP contribution is 2.27. The molecule has 118 valence electrons. The Bertz CT molecular complexity index is 458. The SMILES string of the molecule is CC1CCCCC1OCC(O)CNc1ccc(Cl)c(Br)c1. The van der Waals surface area contributed by atoms with Gasteiger partial charge in [0, 0.05) is 16.7 Å². The van der Waals surface area contributed by atoms with Crippen molar-refractivity contribution in [3.05, 3.63) is 27.7 Å². The molecular formula is C16H23BrClNO2. The van der Waals surface area contributed by atoms with Gasteiger partial charge < -0.3 is 15.2 Å². The predicted molar refractivity (Wildman–Crippen MR) is 91.0 cm³/mol. The first-order chi connectivity index (χ1) is 10.1. The second kappa shape index (κ2) is 8.37. The Morgan fingerprint density at radius 3 is 2.90 bits per heavy atom. The molecule has 0 bridgehead atoms. The predicted octanol–water partition coefficient (Wildman–Crippen LogP) is 4.47. The van der Waals surface area contributed by atoms with Crippen molar-refractivity contribution in [1.82, 2.24) is 0 Å². The van der Waals surface area contributed by atoms with Gasteiger partial charge in [-0.15, -0.1) is 0 Å². The van der Waals surface area contributed by atoms with E-state index in [1.165, 1.54) is 19.3 Å². The van der Waals surface area contributed by atoms with Crippen LogP contribution < -0.4 is 5.32 Å². The molecule has 3 nitrogen and oxygen atoms in total. The molecule has 0 radical (unpaired) electrons. The molecule has 0 amide bonds. The number of hydrogen-bond acceptors (Lipinski definition) is 3. The second-order valence-electron chi connectivity index (χ2n) is 5.80. The molecule has 3 atom stereocenters. The summed E-state index contributed by atoms with van der Waals surface area (Å²) in [6.07, 6.45) is 4.69. The third kappa shape index (κ3) is 5.44. The van der Waals surface area contributed by atoms with Crippen LogP contribution in [-0.2, 0) is 4.74 Å². The summed E-state index contributed by atoms with van der Waals surface area (Å²) in [5.74, 6) is 0.603. The Labute approximate surface area is 140 Å². The Balaban J connectivity index is 1.71. The smallest absolute Gasteiger partial charge is 0.0945 e. The average molecular weight is 377 g/mol. The van der Waals surface area contributed by atoms with Crippen molar-refractivity contribution >= 4 is 33.2 Å². The van der Waals surface area contributed by atoms with E-state index in [0.29, 0.717) is 30.2 Å². The summed E-state index contributed by atoms with van der Waals surface area (Å²) in [6, 6.07) is 5.61. The average Bonchev–Trinajstić information content (AvgIpc) is 2.47. The van der Waals surface area contributed by atoms with E-state index in [-0.39, 0.29) is 0 Å². The topological polar surface area (TPSA) is 41.5 Å². The highest BCUT2D eigenvalue weighted by molar-refractivity contribution is 9.10. The molecule has 0 spiro atoms. The first-order valence-corrected chi connectivity index (χ1v) is 8.72. The summed E-state index contributed by atoms with van der Waals surface area (Å²) in [7, 11) is 0. The second-order valence-corrected chi connectivity index (χ2v) is 7.06. The molecule has 1 fully saturated rings. The number of rotatable bonds is 6. The Hall–Kier alpha value is -0.290. The number of ether oxygens (including phenoxy) is 1. The van der Waals surface area contributed by atoms with Crippen LogP contribution >= 0.6 is 27.5 Å². The first kappa shape index (κ1) is 17.1. The molecule has 1 saturated carbocycles. The molecule has 0 aromatic heterocycles. The Morgan fingerprint density at radius 2 is 2.19 bits per heavy atom. The number of halogens is 2. The molecule has 2 rings (SSSR count). The van der Waals surface area contributed by atoms with Crippen LogP contribution in [0.15, 0.2) is 22.7 Å². The number of anilines is 1. The fourth-order valence-corrected chi connectivity index (χ4v) is 3.16. The zero-order valence-electron chi connectivity index (χ0n) is 12.3. The van der Waals surface area contributed by atoms with Gasteiger partial charge in [-0.3, -0.25) is 0 Å². The van der Waals surface area contributed by atoms with Gasteiger partial charge in [-0.05, 0) is 52.9 Å². The van der Waals surface area contributed by atoms with Gasteiger partial charge in [0.25, 0.3) is 0 Å². The van der Waals surface area contributed by atoms with Gasteiger partial charge in [-0.2, -0.15) is 0 Å². The van der Waals surface area contributed by atoms with E-state index in [1.807, 2.05) is 18.2 Å². The van der Waals surface area contributed by atoms with Crippen molar-refractivity contribution in [1.29, 1.82) is 0 Å². The van der Waals surface area contributed by atoms with Gasteiger partial charge in [-0.25, -0.2) is 0 Å². The van der Waals surface area contributed by atoms with Crippen LogP contribution in [-0.4, -0.2) is 30.5 Å². The molecule has 5 heteroatoms. The highest BCUT2D eigenvalue weighted by Gasteiger charge is 2.22. The molecule has 1 aliphatic rings. The quantitative estimate of drug-likeness (QED) is 0.769. The van der Waals surface area contributed by atoms with Crippen LogP contribution in [0.2, 0.25) is 5.02 Å². The van der Waals surface area contributed by atoms with Gasteiger partial charge in [0.1, 0.15) is 0 Å². The number of aliphatic hydroxyl groups excluding tert-OH is 1. The molecule has 0 aliphatic heterocycles. The van der Waals surface area contributed by atoms with Crippen LogP contribution in [0.3, 0.4) is 0 Å². The molecule has 21 heavy (non-hydrogen) atoms. The van der Waals surface area contributed by atoms with Crippen molar-refractivity contribution in [3.63, 3.8) is 0 Å². The molecule has 1 aromatic carbocycles. The summed E-state index contributed by atoms with van der Waals surface area (Å²) in [6.45, 7) is 3.09. The lowest BCUT2D eigenvalue weighted by Crippen LogP contribution is -2.32. The zero-order chi connectivity index (χ0) is 15.2. The van der Waals surface area contributed by atoms with Gasteiger partial charge in [0.15, 0.2) is 0 Å². The number of hydrogen-bond donors (Lipinski definition) is 2. The molecule has 1 aromatic rings. The van der Waals surface area contributed by atoms with Crippen LogP contribution in [0.25, 0.3) is 0 Å². The summed E-state index contributed by atoms with van der Waals surface area (Å²) in [4.78, 5) is 0. The van der Waals surface area contributed by atoms with E-state index < -0.39 is 6.10 Å². The normalized spacial score (nSPS) is 23.8. The molecule has 2 N–H and O–H groups in total. The van der Waals surface area contributed by atoms with Crippen molar-refractivity contribution in [2.75, 3.05) is 18.5 Å². The first-order valence-electron chi connectivity index (χ1n) is 7.55. The minimum Gasteiger partial charge on any atom is -0.389 e. The third-order valence-electron chi connectivity index (χ3n) is 4.00. The van der Waals surface area contributed by atoms with E-state index >= 15 is 0 Å². The third-order valence-corrected chi connectivity index (χ3v) is 5.21. The Morgan fingerprint density at radius 1 is 1.43 bits per heavy atom. The molecule has 1 aliphatic carbocycles. The van der Waals surface area contributed by atoms with E-state index in [2.05, 4.69) is 28.2 Å². The Kier molecular flexibility index (Phi) is 6.80. The molecule has 3 unspecified atom stereocenters. The molecular weight excluding hydrogens is 354 g/mol. The van der Waals surface area contributed by atoms with E-state index in [4.69, 9.17) is 16.3 Å². The lowest BCUT2D eigenvalue weighted by Gasteiger charge is -2.29. The van der Waals surface area contributed by atoms with Crippen molar-refractivity contribution in [3.8, 4) is 0 Å². The van der Waals surface area contributed by atoms with Gasteiger partial charge in [-0.1, -0.05) is 31.4 Å². The maximum Gasteiger partial charge on any atom is 0.0945 e. The van der Waals surface area contributed by atoms with Crippen LogP contribution in [0, 0.1) is 5.92 Å². The van der Waals surface area contributed by atoms with Gasteiger partial charge >= 0.3 is 0 Å². The monoisotopic (exact) mass is 375 g/mol. The summed E-state index contributed by atoms with van der Waals surface area (Å²) in [5.41, 5.74) is 0.927. The maximum atomic E-state index is 10.0. The highest BCUT2D eigenvalue weighted by atomic mass is 79.9. The molecule has 0 heterocycles. The van der Waals surface area contributed by atoms with Crippen molar-refractivity contribution in [2.24, 2.45) is 5.92 Å². The standard InChI is InChI=1S/C16H23BrClNO2/c1-11-4-2-3-5-16(11)21-10-13(20)9-19-12-6-7-15(18)14(17)8-12/h6-8,11,13,16,19-20H,2-5,9-10H2,1H3. The maximum absolute atomic E-state index is 10.0. The molecule has 0 saturated heterocycles. The summed E-state index contributed by atoms with van der Waals surface area (Å²) < 4.78 is 6.71. The van der Waals surface area contributed by atoms with E-state index in [0.717, 1.165) is 16.6 Å². The van der Waals surface area contributed by atoms with Crippen LogP contribution in [0.5, 0.6) is 0 Å². The lowest BCUT2D eigenvalue weighted by molar-refractivity contribution is -0.0424. The van der Waals surface area contributed by atoms with Gasteiger partial charge in [0.05, 0.1) is 23.8 Å². The van der Waals surface area contributed by atoms with Crippen molar-refractivity contribution < 1.29 is 9.84 Å². The number of nitrogens with one attached hydrogen (secondary N) is 1. The van der Waals surface area contributed by atoms with Crippen LogP contribution in [0.4, 0.5) is 5.69 Å². The summed E-state index contributed by atoms with van der Waals surface area (Å²) in [5, 5.41) is 13.9. The summed E-state index contributed by atoms with van der Waals surface area (Å²) >= 11 is 9.33. The van der Waals surface area contributed by atoms with Gasteiger partial charge in [0.2, 0.25) is 0 Å². The number of benzene rings is 1. The minimum absolute atomic E-state index is 0.304. The van der Waals surface area contributed by atoms with Crippen LogP contribution in [0.1, 0.15) is 32.6 Å². The minimum atomic E-state index is -0.506. The lowest BCUT2D eigenvalue weighted by atomic mass is 9.88.